The van der Waals surface area contributed by atoms with Crippen molar-refractivity contribution in [3.63, 3.8) is 0 Å². The molecule has 3 N–H and O–H groups in total. The van der Waals surface area contributed by atoms with Crippen molar-refractivity contribution in [3.8, 4) is 0 Å². The van der Waals surface area contributed by atoms with Gasteiger partial charge in [0.2, 0.25) is 0 Å². The normalized spacial score (nSPS) is 12.7. The zero-order chi connectivity index (χ0) is 15.0. The molecular formula is C18H17NO2. The van der Waals surface area contributed by atoms with Gasteiger partial charge in [0.25, 0.3) is 0 Å². The summed E-state index contributed by atoms with van der Waals surface area (Å²) >= 11 is 0. The van der Waals surface area contributed by atoms with Crippen LogP contribution in [0.15, 0.2) is 48.5 Å². The Bertz CT molecular complexity index is 782. The molecule has 1 atom stereocenters. The fourth-order valence-corrected chi connectivity index (χ4v) is 3.07. The zero-order valence-corrected chi connectivity index (χ0v) is 11.8. The van der Waals surface area contributed by atoms with Crippen molar-refractivity contribution in [2.75, 3.05) is 0 Å². The predicted molar refractivity (Wildman–Crippen MR) is 85.4 cm³/mol. The first kappa shape index (κ1) is 13.6. The summed E-state index contributed by atoms with van der Waals surface area (Å²) in [4.78, 5) is 11.0. The molecule has 3 rings (SSSR count). The number of hydrogen-bond donors (Lipinski definition) is 2. The molecule has 0 saturated carbocycles. The molecule has 106 valence electrons. The smallest absolute Gasteiger partial charge is 0.305 e. The molecule has 0 spiro atoms. The first-order chi connectivity index (χ1) is 10.1. The van der Waals surface area contributed by atoms with Gasteiger partial charge < -0.3 is 10.8 Å². The molecular weight excluding hydrogens is 262 g/mol. The van der Waals surface area contributed by atoms with Crippen LogP contribution in [0.5, 0.6) is 0 Å². The summed E-state index contributed by atoms with van der Waals surface area (Å²) in [6, 6.07) is 15.6. The van der Waals surface area contributed by atoms with Crippen LogP contribution in [-0.2, 0) is 4.79 Å². The number of nitrogens with two attached hydrogens (primary N) is 1. The first-order valence-corrected chi connectivity index (χ1v) is 6.97. The van der Waals surface area contributed by atoms with Crippen molar-refractivity contribution in [1.82, 2.24) is 0 Å². The van der Waals surface area contributed by atoms with Gasteiger partial charge in [-0.15, -0.1) is 0 Å². The lowest BCUT2D eigenvalue weighted by atomic mass is 9.88. The number of aliphatic carboxylic acids is 1. The number of rotatable bonds is 3. The van der Waals surface area contributed by atoms with Gasteiger partial charge in [0.15, 0.2) is 0 Å². The number of benzene rings is 3. The van der Waals surface area contributed by atoms with Gasteiger partial charge in [-0.05, 0) is 39.6 Å². The minimum atomic E-state index is -0.878. The molecule has 0 saturated heterocycles. The molecule has 0 aromatic heterocycles. The summed E-state index contributed by atoms with van der Waals surface area (Å²) < 4.78 is 0. The Balaban J connectivity index is 2.42. The molecule has 0 aliphatic carbocycles. The van der Waals surface area contributed by atoms with E-state index in [1.165, 1.54) is 5.56 Å². The van der Waals surface area contributed by atoms with Crippen molar-refractivity contribution in [2.45, 2.75) is 19.4 Å². The van der Waals surface area contributed by atoms with Crippen LogP contribution in [0, 0.1) is 6.92 Å². The minimum Gasteiger partial charge on any atom is -0.481 e. The second-order valence-electron chi connectivity index (χ2n) is 5.33. The minimum absolute atomic E-state index is 0.0724. The maximum Gasteiger partial charge on any atom is 0.305 e. The number of carboxylic acid groups (broad SMARTS) is 1. The van der Waals surface area contributed by atoms with Crippen LogP contribution < -0.4 is 5.73 Å². The Kier molecular flexibility index (Phi) is 3.35. The van der Waals surface area contributed by atoms with Crippen LogP contribution in [0.25, 0.3) is 21.5 Å². The molecule has 0 heterocycles. The van der Waals surface area contributed by atoms with Crippen molar-refractivity contribution in [2.24, 2.45) is 5.73 Å². The average Bonchev–Trinajstić information content (AvgIpc) is 2.47. The van der Waals surface area contributed by atoms with Crippen molar-refractivity contribution in [1.29, 1.82) is 0 Å². The molecule has 3 aromatic carbocycles. The van der Waals surface area contributed by atoms with Gasteiger partial charge in [-0.2, -0.15) is 0 Å². The first-order valence-electron chi connectivity index (χ1n) is 6.97. The van der Waals surface area contributed by atoms with E-state index in [0.717, 1.165) is 27.1 Å². The van der Waals surface area contributed by atoms with E-state index in [9.17, 15) is 4.79 Å². The summed E-state index contributed by atoms with van der Waals surface area (Å²) in [6.07, 6.45) is -0.0724. The third kappa shape index (κ3) is 2.26. The quantitative estimate of drug-likeness (QED) is 0.717. The fourth-order valence-electron chi connectivity index (χ4n) is 3.07. The topological polar surface area (TPSA) is 63.3 Å². The highest BCUT2D eigenvalue weighted by Crippen LogP contribution is 2.35. The molecule has 0 aliphatic heterocycles. The van der Waals surface area contributed by atoms with Gasteiger partial charge in [0.1, 0.15) is 0 Å². The number of hydrogen-bond acceptors (Lipinski definition) is 2. The van der Waals surface area contributed by atoms with E-state index < -0.39 is 12.0 Å². The Morgan fingerprint density at radius 2 is 1.43 bits per heavy atom. The summed E-state index contributed by atoms with van der Waals surface area (Å²) in [5.41, 5.74) is 8.32. The predicted octanol–water partition coefficient (Wildman–Crippen LogP) is 3.78. The molecule has 0 aliphatic rings. The van der Waals surface area contributed by atoms with Crippen LogP contribution >= 0.6 is 0 Å². The van der Waals surface area contributed by atoms with E-state index in [1.807, 2.05) is 36.4 Å². The highest BCUT2D eigenvalue weighted by Gasteiger charge is 2.18. The Hall–Kier alpha value is -2.39. The monoisotopic (exact) mass is 279 g/mol. The number of carbonyl (C=O) groups is 1. The number of aryl methyl sites for hydroxylation is 1. The third-order valence-electron chi connectivity index (χ3n) is 4.01. The summed E-state index contributed by atoms with van der Waals surface area (Å²) in [5.74, 6) is -0.878. The van der Waals surface area contributed by atoms with Crippen molar-refractivity contribution < 1.29 is 9.90 Å². The molecule has 0 fully saturated rings. The molecule has 3 aromatic rings. The maximum absolute atomic E-state index is 11.0. The van der Waals surface area contributed by atoms with E-state index in [1.54, 1.807) is 0 Å². The highest BCUT2D eigenvalue weighted by molar-refractivity contribution is 6.06. The van der Waals surface area contributed by atoms with Crippen LogP contribution in [0.1, 0.15) is 23.6 Å². The largest absolute Gasteiger partial charge is 0.481 e. The molecule has 0 amide bonds. The average molecular weight is 279 g/mol. The molecule has 0 radical (unpaired) electrons. The Morgan fingerprint density at radius 3 is 1.86 bits per heavy atom. The number of carboxylic acids is 1. The van der Waals surface area contributed by atoms with E-state index in [-0.39, 0.29) is 6.42 Å². The molecule has 21 heavy (non-hydrogen) atoms. The lowest BCUT2D eigenvalue weighted by molar-refractivity contribution is -0.137. The summed E-state index contributed by atoms with van der Waals surface area (Å²) in [5, 5.41) is 13.4. The fraction of sp³-hybridized carbons (Fsp3) is 0.167. The van der Waals surface area contributed by atoms with Crippen LogP contribution in [0.4, 0.5) is 0 Å². The van der Waals surface area contributed by atoms with Crippen LogP contribution in [0.3, 0.4) is 0 Å². The standard InChI is InChI=1S/C18H17NO2/c1-11-12-6-2-4-8-14(12)18(16(19)10-17(20)21)15-9-5-3-7-13(11)15/h2-9,16H,10,19H2,1H3,(H,20,21)/t16-/m0/s1. The van der Waals surface area contributed by atoms with E-state index in [4.69, 9.17) is 10.8 Å². The highest BCUT2D eigenvalue weighted by atomic mass is 16.4. The van der Waals surface area contributed by atoms with Crippen molar-refractivity contribution in [3.05, 3.63) is 59.7 Å². The SMILES string of the molecule is Cc1c2ccccc2c([C@@H](N)CC(=O)O)c2ccccc12. The van der Waals surface area contributed by atoms with Gasteiger partial charge >= 0.3 is 5.97 Å². The summed E-state index contributed by atoms with van der Waals surface area (Å²) in [7, 11) is 0. The van der Waals surface area contributed by atoms with Crippen LogP contribution in [-0.4, -0.2) is 11.1 Å². The van der Waals surface area contributed by atoms with Gasteiger partial charge in [-0.25, -0.2) is 0 Å². The van der Waals surface area contributed by atoms with Crippen LogP contribution in [0.2, 0.25) is 0 Å². The Labute approximate surface area is 123 Å². The lowest BCUT2D eigenvalue weighted by Crippen LogP contribution is -2.16. The molecule has 0 unspecified atom stereocenters. The lowest BCUT2D eigenvalue weighted by Gasteiger charge is -2.18. The maximum atomic E-state index is 11.0. The van der Waals surface area contributed by atoms with Crippen molar-refractivity contribution >= 4 is 27.5 Å². The third-order valence-corrected chi connectivity index (χ3v) is 4.01. The molecule has 0 bridgehead atoms. The van der Waals surface area contributed by atoms with E-state index in [0.29, 0.717) is 0 Å². The van der Waals surface area contributed by atoms with Gasteiger partial charge in [-0.1, -0.05) is 48.5 Å². The summed E-state index contributed by atoms with van der Waals surface area (Å²) in [6.45, 7) is 2.09. The van der Waals surface area contributed by atoms with E-state index in [2.05, 4.69) is 19.1 Å². The molecule has 3 nitrogen and oxygen atoms in total. The zero-order valence-electron chi connectivity index (χ0n) is 11.8. The second kappa shape index (κ2) is 5.19. The van der Waals surface area contributed by atoms with E-state index >= 15 is 0 Å². The Morgan fingerprint density at radius 1 is 1.00 bits per heavy atom. The molecule has 3 heteroatoms. The number of fused-ring (bicyclic) bond motifs is 2. The van der Waals surface area contributed by atoms with Gasteiger partial charge in [0, 0.05) is 6.04 Å². The second-order valence-corrected chi connectivity index (χ2v) is 5.33. The van der Waals surface area contributed by atoms with Gasteiger partial charge in [-0.3, -0.25) is 4.79 Å². The van der Waals surface area contributed by atoms with Gasteiger partial charge in [0.05, 0.1) is 6.42 Å².